The van der Waals surface area contributed by atoms with E-state index in [2.05, 4.69) is 4.98 Å². The normalized spacial score (nSPS) is 8.58. The van der Waals surface area contributed by atoms with Gasteiger partial charge in [0.05, 0.1) is 6.10 Å². The molecule has 1 rings (SSSR count). The smallest absolute Gasteiger partial charge is 0.213 e. The van der Waals surface area contributed by atoms with E-state index in [-0.39, 0.29) is 6.10 Å². The SMILES string of the molecule is C=O.CC(C)Oc1ccccn1. The van der Waals surface area contributed by atoms with E-state index < -0.39 is 0 Å². The summed E-state index contributed by atoms with van der Waals surface area (Å²) in [7, 11) is 0. The third kappa shape index (κ3) is 4.44. The maximum atomic E-state index is 8.00. The van der Waals surface area contributed by atoms with Crippen molar-refractivity contribution in [2.45, 2.75) is 20.0 Å². The van der Waals surface area contributed by atoms with E-state index in [9.17, 15) is 0 Å². The van der Waals surface area contributed by atoms with Gasteiger partial charge in [0.1, 0.15) is 6.79 Å². The fourth-order valence-corrected chi connectivity index (χ4v) is 0.658. The minimum atomic E-state index is 0.204. The molecule has 0 N–H and O–H groups in total. The summed E-state index contributed by atoms with van der Waals surface area (Å²) in [6.07, 6.45) is 1.92. The highest BCUT2D eigenvalue weighted by Crippen LogP contribution is 2.04. The predicted octanol–water partition coefficient (Wildman–Crippen LogP) is 1.68. The van der Waals surface area contributed by atoms with Crippen LogP contribution >= 0.6 is 0 Å². The summed E-state index contributed by atoms with van der Waals surface area (Å²) >= 11 is 0. The molecular weight excluding hydrogens is 154 g/mol. The molecule has 0 spiro atoms. The average Bonchev–Trinajstić information content (AvgIpc) is 2.08. The van der Waals surface area contributed by atoms with Crippen molar-refractivity contribution in [3.8, 4) is 5.88 Å². The van der Waals surface area contributed by atoms with E-state index in [0.29, 0.717) is 5.88 Å². The molecule has 0 saturated heterocycles. The fraction of sp³-hybridized carbons (Fsp3) is 0.333. The van der Waals surface area contributed by atoms with Crippen LogP contribution in [-0.2, 0) is 4.79 Å². The number of rotatable bonds is 2. The molecule has 0 atom stereocenters. The zero-order chi connectivity index (χ0) is 9.40. The van der Waals surface area contributed by atoms with E-state index in [1.165, 1.54) is 0 Å². The Balaban J connectivity index is 0.000000561. The molecule has 12 heavy (non-hydrogen) atoms. The Morgan fingerprint density at radius 1 is 1.42 bits per heavy atom. The van der Waals surface area contributed by atoms with Crippen LogP contribution in [0.1, 0.15) is 13.8 Å². The van der Waals surface area contributed by atoms with E-state index in [0.717, 1.165) is 0 Å². The van der Waals surface area contributed by atoms with Gasteiger partial charge < -0.3 is 9.53 Å². The van der Waals surface area contributed by atoms with Gasteiger partial charge >= 0.3 is 0 Å². The zero-order valence-electron chi connectivity index (χ0n) is 7.36. The van der Waals surface area contributed by atoms with Crippen LogP contribution in [0.3, 0.4) is 0 Å². The molecule has 0 saturated carbocycles. The highest BCUT2D eigenvalue weighted by Gasteiger charge is 1.94. The van der Waals surface area contributed by atoms with Crippen molar-refractivity contribution in [2.75, 3.05) is 0 Å². The topological polar surface area (TPSA) is 39.2 Å². The molecule has 66 valence electrons. The first-order valence-corrected chi connectivity index (χ1v) is 3.65. The van der Waals surface area contributed by atoms with Gasteiger partial charge in [-0.2, -0.15) is 0 Å². The van der Waals surface area contributed by atoms with Gasteiger partial charge in [0.25, 0.3) is 0 Å². The average molecular weight is 167 g/mol. The van der Waals surface area contributed by atoms with E-state index in [1.54, 1.807) is 6.20 Å². The molecule has 1 heterocycles. The molecule has 0 amide bonds. The van der Waals surface area contributed by atoms with Crippen molar-refractivity contribution in [1.82, 2.24) is 4.98 Å². The largest absolute Gasteiger partial charge is 0.475 e. The third-order valence-electron chi connectivity index (χ3n) is 0.994. The number of aromatic nitrogens is 1. The molecule has 0 aliphatic carbocycles. The van der Waals surface area contributed by atoms with Gasteiger partial charge in [0.15, 0.2) is 0 Å². The first-order chi connectivity index (χ1) is 5.79. The van der Waals surface area contributed by atoms with Crippen molar-refractivity contribution < 1.29 is 9.53 Å². The predicted molar refractivity (Wildman–Crippen MR) is 47.1 cm³/mol. The molecule has 0 fully saturated rings. The lowest BCUT2D eigenvalue weighted by Gasteiger charge is -2.06. The Hall–Kier alpha value is -1.38. The Morgan fingerprint density at radius 3 is 2.50 bits per heavy atom. The van der Waals surface area contributed by atoms with Crippen molar-refractivity contribution in [3.05, 3.63) is 24.4 Å². The van der Waals surface area contributed by atoms with Crippen molar-refractivity contribution in [2.24, 2.45) is 0 Å². The number of hydrogen-bond acceptors (Lipinski definition) is 3. The molecule has 1 aromatic rings. The minimum absolute atomic E-state index is 0.204. The summed E-state index contributed by atoms with van der Waals surface area (Å²) in [5, 5.41) is 0. The molecule has 0 unspecified atom stereocenters. The van der Waals surface area contributed by atoms with Crippen LogP contribution in [0.4, 0.5) is 0 Å². The van der Waals surface area contributed by atoms with Crippen molar-refractivity contribution in [1.29, 1.82) is 0 Å². The zero-order valence-corrected chi connectivity index (χ0v) is 7.36. The maximum absolute atomic E-state index is 8.00. The molecule has 0 bridgehead atoms. The van der Waals surface area contributed by atoms with Gasteiger partial charge in [0.2, 0.25) is 5.88 Å². The lowest BCUT2D eigenvalue weighted by Crippen LogP contribution is -2.06. The van der Waals surface area contributed by atoms with Gasteiger partial charge in [-0.15, -0.1) is 0 Å². The minimum Gasteiger partial charge on any atom is -0.475 e. The van der Waals surface area contributed by atoms with Crippen LogP contribution in [0.2, 0.25) is 0 Å². The van der Waals surface area contributed by atoms with E-state index in [1.807, 2.05) is 38.8 Å². The van der Waals surface area contributed by atoms with Crippen molar-refractivity contribution >= 4 is 6.79 Å². The first kappa shape index (κ1) is 10.6. The van der Waals surface area contributed by atoms with E-state index >= 15 is 0 Å². The van der Waals surface area contributed by atoms with Gasteiger partial charge in [-0.1, -0.05) is 6.07 Å². The van der Waals surface area contributed by atoms with E-state index in [4.69, 9.17) is 9.53 Å². The highest BCUT2D eigenvalue weighted by molar-refractivity contribution is 5.11. The molecule has 0 aliphatic heterocycles. The quantitative estimate of drug-likeness (QED) is 0.672. The standard InChI is InChI=1S/C8H11NO.CH2O/c1-7(2)10-8-5-3-4-6-9-8;1-2/h3-7H,1-2H3;1H2. The van der Waals surface area contributed by atoms with Crippen LogP contribution < -0.4 is 4.74 Å². The van der Waals surface area contributed by atoms with Crippen LogP contribution in [0.25, 0.3) is 0 Å². The van der Waals surface area contributed by atoms with Crippen LogP contribution in [0.15, 0.2) is 24.4 Å². The molecule has 1 aromatic heterocycles. The molecule has 0 aromatic carbocycles. The number of nitrogens with zero attached hydrogens (tertiary/aromatic N) is 1. The van der Waals surface area contributed by atoms with Crippen molar-refractivity contribution in [3.63, 3.8) is 0 Å². The third-order valence-corrected chi connectivity index (χ3v) is 0.994. The number of ether oxygens (including phenoxy) is 1. The first-order valence-electron chi connectivity index (χ1n) is 3.65. The summed E-state index contributed by atoms with van der Waals surface area (Å²) in [6, 6.07) is 5.62. The maximum Gasteiger partial charge on any atom is 0.213 e. The monoisotopic (exact) mass is 167 g/mol. The summed E-state index contributed by atoms with van der Waals surface area (Å²) in [4.78, 5) is 12.0. The molecular formula is C9H13NO2. The van der Waals surface area contributed by atoms with Gasteiger partial charge in [-0.3, -0.25) is 0 Å². The summed E-state index contributed by atoms with van der Waals surface area (Å²) in [6.45, 7) is 5.96. The molecule has 3 nitrogen and oxygen atoms in total. The van der Waals surface area contributed by atoms with Crippen LogP contribution in [0, 0.1) is 0 Å². The van der Waals surface area contributed by atoms with Gasteiger partial charge in [-0.25, -0.2) is 4.98 Å². The number of hydrogen-bond donors (Lipinski definition) is 0. The van der Waals surface area contributed by atoms with Gasteiger partial charge in [0, 0.05) is 12.3 Å². The van der Waals surface area contributed by atoms with Crippen LogP contribution in [0.5, 0.6) is 5.88 Å². The lowest BCUT2D eigenvalue weighted by molar-refractivity contribution is -0.0979. The number of carbonyl (C=O) groups is 1. The highest BCUT2D eigenvalue weighted by atomic mass is 16.5. The van der Waals surface area contributed by atoms with Gasteiger partial charge in [-0.05, 0) is 19.9 Å². The summed E-state index contributed by atoms with van der Waals surface area (Å²) in [5.41, 5.74) is 0. The second kappa shape index (κ2) is 6.34. The Labute approximate surface area is 72.4 Å². The molecule has 0 radical (unpaired) electrons. The summed E-state index contributed by atoms with van der Waals surface area (Å²) < 4.78 is 5.30. The number of pyridine rings is 1. The van der Waals surface area contributed by atoms with Crippen LogP contribution in [-0.4, -0.2) is 17.9 Å². The Morgan fingerprint density at radius 2 is 2.08 bits per heavy atom. The second-order valence-corrected chi connectivity index (χ2v) is 2.33. The summed E-state index contributed by atoms with van der Waals surface area (Å²) in [5.74, 6) is 0.692. The Kier molecular flexibility index (Phi) is 5.61. The molecule has 3 heteroatoms. The second-order valence-electron chi connectivity index (χ2n) is 2.33. The lowest BCUT2D eigenvalue weighted by atomic mass is 10.4. The fourth-order valence-electron chi connectivity index (χ4n) is 0.658. The Bertz CT molecular complexity index is 199. The molecule has 0 aliphatic rings. The number of carbonyl (C=O) groups excluding carboxylic acids is 1.